The molecule has 2 atom stereocenters. The van der Waals surface area contributed by atoms with Crippen LogP contribution in [0.25, 0.3) is 22.3 Å². The topological polar surface area (TPSA) is 84.7 Å². The molecule has 200 valence electrons. The molecule has 0 unspecified atom stereocenters. The van der Waals surface area contributed by atoms with Gasteiger partial charge in [0.25, 0.3) is 0 Å². The number of nitrogens with one attached hydrogen (secondary N) is 1. The molecule has 1 aliphatic carbocycles. The van der Waals surface area contributed by atoms with Gasteiger partial charge in [-0.15, -0.1) is 0 Å². The highest BCUT2D eigenvalue weighted by Gasteiger charge is 2.32. The third-order valence-electron chi connectivity index (χ3n) is 8.72. The molecule has 4 fully saturated rings. The lowest BCUT2D eigenvalue weighted by Crippen LogP contribution is -2.56. The molecule has 3 aliphatic heterocycles. The number of aryl methyl sites for hydroxylation is 1. The Bertz CT molecular complexity index is 1360. The van der Waals surface area contributed by atoms with Gasteiger partial charge in [-0.3, -0.25) is 9.69 Å². The Hall–Kier alpha value is -3.17. The number of pyridine rings is 1. The highest BCUT2D eigenvalue weighted by molar-refractivity contribution is 5.85. The zero-order valence-electron chi connectivity index (χ0n) is 22.2. The van der Waals surface area contributed by atoms with Crippen molar-refractivity contribution in [3.8, 4) is 17.1 Å². The maximum atomic E-state index is 11.8. The fraction of sp³-hybridized carbons (Fsp3) is 0.552. The number of aromatic nitrogens is 3. The van der Waals surface area contributed by atoms with Gasteiger partial charge < -0.3 is 24.3 Å². The number of benzene rings is 1. The standard InChI is InChI=1S/C29H36N6O3/c1-18-11-20(3-6-26(18)34-9-7-33(8-10-34)23-15-37-16-23)24-13-25-28(35(17-31-25)22-4-5-22)29(32-24)38-19(2)21-12-27(36)30-14-21/h3,6,11,13,17,19,21-23H,4-5,7-10,12,14-16H2,1-2H3,(H,30,36)/t19-,21-/m1/s1. The molecule has 0 radical (unpaired) electrons. The fourth-order valence-electron chi connectivity index (χ4n) is 6.05. The first kappa shape index (κ1) is 23.9. The summed E-state index contributed by atoms with van der Waals surface area (Å²) >= 11 is 0. The van der Waals surface area contributed by atoms with Crippen LogP contribution < -0.4 is 15.0 Å². The normalized spacial score (nSPS) is 23.5. The molecule has 1 aromatic carbocycles. The van der Waals surface area contributed by atoms with Crippen LogP contribution in [-0.4, -0.2) is 83.4 Å². The Labute approximate surface area is 223 Å². The highest BCUT2D eigenvalue weighted by Crippen LogP contribution is 2.41. The van der Waals surface area contributed by atoms with E-state index < -0.39 is 0 Å². The number of imidazole rings is 1. The smallest absolute Gasteiger partial charge is 0.241 e. The van der Waals surface area contributed by atoms with E-state index in [1.165, 1.54) is 11.3 Å². The Kier molecular flexibility index (Phi) is 6.00. The fourth-order valence-corrected chi connectivity index (χ4v) is 6.05. The van der Waals surface area contributed by atoms with Crippen molar-refractivity contribution in [2.75, 3.05) is 50.8 Å². The molecule has 1 saturated carbocycles. The molecule has 38 heavy (non-hydrogen) atoms. The number of rotatable bonds is 7. The Balaban J connectivity index is 1.16. The van der Waals surface area contributed by atoms with Gasteiger partial charge in [-0.2, -0.15) is 0 Å². The second-order valence-electron chi connectivity index (χ2n) is 11.4. The molecular weight excluding hydrogens is 480 g/mol. The van der Waals surface area contributed by atoms with Crippen molar-refractivity contribution < 1.29 is 14.3 Å². The second kappa shape index (κ2) is 9.54. The second-order valence-corrected chi connectivity index (χ2v) is 11.4. The molecular formula is C29H36N6O3. The first-order valence-corrected chi connectivity index (χ1v) is 14.0. The van der Waals surface area contributed by atoms with Crippen molar-refractivity contribution in [1.29, 1.82) is 0 Å². The summed E-state index contributed by atoms with van der Waals surface area (Å²) in [5, 5.41) is 2.93. The molecule has 0 spiro atoms. The molecule has 1 amide bonds. The van der Waals surface area contributed by atoms with Gasteiger partial charge in [0, 0.05) is 62.4 Å². The number of piperazine rings is 1. The highest BCUT2D eigenvalue weighted by atomic mass is 16.5. The first-order chi connectivity index (χ1) is 18.5. The van der Waals surface area contributed by atoms with E-state index in [1.54, 1.807) is 0 Å². The van der Waals surface area contributed by atoms with E-state index in [-0.39, 0.29) is 17.9 Å². The van der Waals surface area contributed by atoms with Crippen LogP contribution in [-0.2, 0) is 9.53 Å². The predicted octanol–water partition coefficient (Wildman–Crippen LogP) is 3.17. The van der Waals surface area contributed by atoms with Crippen molar-refractivity contribution in [3.05, 3.63) is 36.2 Å². The van der Waals surface area contributed by atoms with E-state index in [9.17, 15) is 4.79 Å². The first-order valence-electron chi connectivity index (χ1n) is 14.0. The van der Waals surface area contributed by atoms with E-state index in [0.29, 0.717) is 30.9 Å². The summed E-state index contributed by atoms with van der Waals surface area (Å²) in [5.41, 5.74) is 6.34. The number of hydrogen-bond acceptors (Lipinski definition) is 7. The van der Waals surface area contributed by atoms with E-state index in [2.05, 4.69) is 50.9 Å². The van der Waals surface area contributed by atoms with Crippen LogP contribution >= 0.6 is 0 Å². The van der Waals surface area contributed by atoms with Crippen LogP contribution in [0.2, 0.25) is 0 Å². The molecule has 9 nitrogen and oxygen atoms in total. The van der Waals surface area contributed by atoms with Gasteiger partial charge in [-0.25, -0.2) is 9.97 Å². The quantitative estimate of drug-likeness (QED) is 0.516. The van der Waals surface area contributed by atoms with Crippen molar-refractivity contribution in [3.63, 3.8) is 0 Å². The Morgan fingerprint density at radius 2 is 1.92 bits per heavy atom. The summed E-state index contributed by atoms with van der Waals surface area (Å²) in [7, 11) is 0. The molecule has 3 saturated heterocycles. The number of carbonyl (C=O) groups is 1. The molecule has 2 aromatic heterocycles. The van der Waals surface area contributed by atoms with Crippen molar-refractivity contribution in [2.24, 2.45) is 5.92 Å². The minimum atomic E-state index is -0.128. The summed E-state index contributed by atoms with van der Waals surface area (Å²) in [6, 6.07) is 9.81. The zero-order valence-corrected chi connectivity index (χ0v) is 22.2. The van der Waals surface area contributed by atoms with Gasteiger partial charge >= 0.3 is 0 Å². The molecule has 9 heteroatoms. The summed E-state index contributed by atoms with van der Waals surface area (Å²) < 4.78 is 14.1. The van der Waals surface area contributed by atoms with E-state index in [0.717, 1.165) is 74.5 Å². The van der Waals surface area contributed by atoms with Gasteiger partial charge in [0.1, 0.15) is 11.6 Å². The summed E-state index contributed by atoms with van der Waals surface area (Å²) in [5.74, 6) is 0.847. The van der Waals surface area contributed by atoms with Crippen LogP contribution in [0.5, 0.6) is 5.88 Å². The van der Waals surface area contributed by atoms with Gasteiger partial charge in [-0.05, 0) is 50.5 Å². The Morgan fingerprint density at radius 3 is 2.58 bits per heavy atom. The minimum Gasteiger partial charge on any atom is -0.473 e. The number of fused-ring (bicyclic) bond motifs is 1. The van der Waals surface area contributed by atoms with Crippen molar-refractivity contribution >= 4 is 22.6 Å². The van der Waals surface area contributed by atoms with Crippen LogP contribution in [0, 0.1) is 12.8 Å². The zero-order chi connectivity index (χ0) is 25.8. The molecule has 7 rings (SSSR count). The van der Waals surface area contributed by atoms with Crippen LogP contribution in [0.1, 0.15) is 37.8 Å². The molecule has 3 aromatic rings. The lowest BCUT2D eigenvalue weighted by Gasteiger charge is -2.43. The summed E-state index contributed by atoms with van der Waals surface area (Å²) in [4.78, 5) is 26.7. The lowest BCUT2D eigenvalue weighted by molar-refractivity contribution is -0.119. The molecule has 4 aliphatic rings. The number of hydrogen-bond donors (Lipinski definition) is 1. The average Bonchev–Trinajstić information content (AvgIpc) is 3.48. The maximum absolute atomic E-state index is 11.8. The van der Waals surface area contributed by atoms with Gasteiger partial charge in [-0.1, -0.05) is 6.07 Å². The number of nitrogens with zero attached hydrogens (tertiary/aromatic N) is 5. The minimum absolute atomic E-state index is 0.0920. The van der Waals surface area contributed by atoms with E-state index in [4.69, 9.17) is 19.4 Å². The largest absolute Gasteiger partial charge is 0.473 e. The summed E-state index contributed by atoms with van der Waals surface area (Å²) in [6.45, 7) is 10.9. The van der Waals surface area contributed by atoms with E-state index >= 15 is 0 Å². The van der Waals surface area contributed by atoms with Gasteiger partial charge in [0.15, 0.2) is 0 Å². The third kappa shape index (κ3) is 4.41. The van der Waals surface area contributed by atoms with Crippen LogP contribution in [0.15, 0.2) is 30.6 Å². The van der Waals surface area contributed by atoms with Crippen molar-refractivity contribution in [1.82, 2.24) is 24.8 Å². The Morgan fingerprint density at radius 1 is 1.11 bits per heavy atom. The van der Waals surface area contributed by atoms with Gasteiger partial charge in [0.2, 0.25) is 11.8 Å². The van der Waals surface area contributed by atoms with E-state index in [1.807, 2.05) is 13.3 Å². The number of anilines is 1. The number of amides is 1. The monoisotopic (exact) mass is 516 g/mol. The summed E-state index contributed by atoms with van der Waals surface area (Å²) in [6.07, 6.45) is 4.61. The molecule has 0 bridgehead atoms. The molecule has 5 heterocycles. The lowest BCUT2D eigenvalue weighted by atomic mass is 10.0. The van der Waals surface area contributed by atoms with Crippen molar-refractivity contribution in [2.45, 2.75) is 51.3 Å². The maximum Gasteiger partial charge on any atom is 0.241 e. The number of carbonyl (C=O) groups excluding carboxylic acids is 1. The van der Waals surface area contributed by atoms with Crippen LogP contribution in [0.3, 0.4) is 0 Å². The van der Waals surface area contributed by atoms with Gasteiger partial charge in [0.05, 0.1) is 36.8 Å². The average molecular weight is 517 g/mol. The number of ether oxygens (including phenoxy) is 2. The van der Waals surface area contributed by atoms with Crippen LogP contribution in [0.4, 0.5) is 5.69 Å². The SMILES string of the molecule is Cc1cc(-c2cc3ncn(C4CC4)c3c(O[C@H](C)[C@H]3CNC(=O)C3)n2)ccc1N1CCN(C2COC2)CC1. The third-order valence-corrected chi connectivity index (χ3v) is 8.72. The molecule has 1 N–H and O–H groups in total. The predicted molar refractivity (Wildman–Crippen MR) is 146 cm³/mol.